The molecule has 2 nitrogen and oxygen atoms in total. The number of rotatable bonds is 3. The van der Waals surface area contributed by atoms with Gasteiger partial charge in [-0.1, -0.05) is 103 Å². The summed E-state index contributed by atoms with van der Waals surface area (Å²) >= 11 is 0. The Hall–Kier alpha value is -3.65. The molecule has 0 radical (unpaired) electrons. The lowest BCUT2D eigenvalue weighted by Gasteiger charge is -2.09. The fourth-order valence-corrected chi connectivity index (χ4v) is 3.88. The lowest BCUT2D eigenvalue weighted by Crippen LogP contribution is -1.96. The maximum atomic E-state index is 5.14. The average molecular weight is 360 g/mol. The lowest BCUT2D eigenvalue weighted by atomic mass is 10.0. The number of fused-ring (bicyclic) bond motifs is 1. The number of nitrogens with zero attached hydrogens (tertiary/aromatic N) is 2. The first-order valence-corrected chi connectivity index (χ1v) is 9.48. The van der Waals surface area contributed by atoms with Crippen LogP contribution in [0.3, 0.4) is 0 Å². The van der Waals surface area contributed by atoms with E-state index >= 15 is 0 Å². The standard InChI is InChI=1S/C26H20N2/c1-28-25(21-14-6-3-7-15-21)24(20-12-4-2-5-13-20)27-26(28)23-18-10-16-19-11-8-9-17-22(19)23/h2-18H,1H3. The van der Waals surface area contributed by atoms with Crippen molar-refractivity contribution in [1.29, 1.82) is 0 Å². The molecule has 5 aromatic rings. The van der Waals surface area contributed by atoms with Crippen molar-refractivity contribution in [3.05, 3.63) is 103 Å². The third-order valence-corrected chi connectivity index (χ3v) is 5.22. The van der Waals surface area contributed by atoms with E-state index in [-0.39, 0.29) is 0 Å². The molecule has 0 spiro atoms. The molecule has 4 aromatic carbocycles. The SMILES string of the molecule is Cn1c(-c2cccc3ccccc23)nc(-c2ccccc2)c1-c1ccccc1. The summed E-state index contributed by atoms with van der Waals surface area (Å²) in [5.41, 5.74) is 5.60. The Labute approximate surface area is 164 Å². The van der Waals surface area contributed by atoms with E-state index in [0.717, 1.165) is 28.3 Å². The van der Waals surface area contributed by atoms with Gasteiger partial charge in [0.05, 0.1) is 11.4 Å². The molecule has 0 saturated heterocycles. The molecule has 0 N–H and O–H groups in total. The maximum absolute atomic E-state index is 5.14. The molecule has 1 aromatic heterocycles. The van der Waals surface area contributed by atoms with Crippen molar-refractivity contribution in [3.63, 3.8) is 0 Å². The fourth-order valence-electron chi connectivity index (χ4n) is 3.88. The van der Waals surface area contributed by atoms with E-state index in [1.165, 1.54) is 16.3 Å². The topological polar surface area (TPSA) is 17.8 Å². The molecule has 0 amide bonds. The van der Waals surface area contributed by atoms with Crippen molar-refractivity contribution in [2.24, 2.45) is 7.05 Å². The molecule has 0 bridgehead atoms. The largest absolute Gasteiger partial charge is 0.327 e. The van der Waals surface area contributed by atoms with Gasteiger partial charge in [0.25, 0.3) is 0 Å². The Morgan fingerprint density at radius 2 is 1.21 bits per heavy atom. The molecule has 0 atom stereocenters. The van der Waals surface area contributed by atoms with Crippen LogP contribution in [0.15, 0.2) is 103 Å². The fraction of sp³-hybridized carbons (Fsp3) is 0.0385. The monoisotopic (exact) mass is 360 g/mol. The van der Waals surface area contributed by atoms with Gasteiger partial charge in [-0.05, 0) is 10.8 Å². The average Bonchev–Trinajstić information content (AvgIpc) is 3.11. The van der Waals surface area contributed by atoms with Gasteiger partial charge in [0.2, 0.25) is 0 Å². The summed E-state index contributed by atoms with van der Waals surface area (Å²) in [4.78, 5) is 5.14. The van der Waals surface area contributed by atoms with E-state index < -0.39 is 0 Å². The molecular weight excluding hydrogens is 340 g/mol. The smallest absolute Gasteiger partial charge is 0.141 e. The van der Waals surface area contributed by atoms with Gasteiger partial charge in [-0.3, -0.25) is 0 Å². The van der Waals surface area contributed by atoms with Crippen LogP contribution < -0.4 is 0 Å². The highest BCUT2D eigenvalue weighted by atomic mass is 15.1. The number of hydrogen-bond donors (Lipinski definition) is 0. The van der Waals surface area contributed by atoms with Gasteiger partial charge < -0.3 is 4.57 Å². The summed E-state index contributed by atoms with van der Waals surface area (Å²) in [7, 11) is 2.11. The zero-order valence-corrected chi connectivity index (χ0v) is 15.7. The lowest BCUT2D eigenvalue weighted by molar-refractivity contribution is 0.934. The zero-order chi connectivity index (χ0) is 18.9. The van der Waals surface area contributed by atoms with Crippen molar-refractivity contribution in [1.82, 2.24) is 9.55 Å². The van der Waals surface area contributed by atoms with Crippen LogP contribution in [0.25, 0.3) is 44.7 Å². The molecule has 0 aliphatic heterocycles. The molecule has 134 valence electrons. The van der Waals surface area contributed by atoms with Gasteiger partial charge in [0.1, 0.15) is 5.82 Å². The summed E-state index contributed by atoms with van der Waals surface area (Å²) in [5.74, 6) is 0.981. The molecule has 0 aliphatic rings. The highest BCUT2D eigenvalue weighted by Crippen LogP contribution is 2.37. The third-order valence-electron chi connectivity index (χ3n) is 5.22. The first kappa shape index (κ1) is 16.5. The van der Waals surface area contributed by atoms with Crippen LogP contribution in [0.5, 0.6) is 0 Å². The van der Waals surface area contributed by atoms with Crippen LogP contribution in [0.2, 0.25) is 0 Å². The molecule has 0 aliphatic carbocycles. The molecule has 0 fully saturated rings. The normalized spacial score (nSPS) is 11.0. The van der Waals surface area contributed by atoms with Crippen molar-refractivity contribution >= 4 is 10.8 Å². The van der Waals surface area contributed by atoms with Crippen LogP contribution in [0, 0.1) is 0 Å². The molecule has 28 heavy (non-hydrogen) atoms. The predicted molar refractivity (Wildman–Crippen MR) is 117 cm³/mol. The number of hydrogen-bond acceptors (Lipinski definition) is 1. The van der Waals surface area contributed by atoms with Gasteiger partial charge in [0.15, 0.2) is 0 Å². The molecule has 0 unspecified atom stereocenters. The van der Waals surface area contributed by atoms with Gasteiger partial charge in [-0.15, -0.1) is 0 Å². The van der Waals surface area contributed by atoms with Gasteiger partial charge >= 0.3 is 0 Å². The Morgan fingerprint density at radius 1 is 0.607 bits per heavy atom. The summed E-state index contributed by atoms with van der Waals surface area (Å²) in [5, 5.41) is 2.45. The minimum absolute atomic E-state index is 0.981. The second-order valence-corrected chi connectivity index (χ2v) is 6.95. The Kier molecular flexibility index (Phi) is 4.02. The third kappa shape index (κ3) is 2.71. The zero-order valence-electron chi connectivity index (χ0n) is 15.7. The van der Waals surface area contributed by atoms with Crippen LogP contribution in [-0.2, 0) is 7.05 Å². The Bertz CT molecular complexity index is 1250. The van der Waals surface area contributed by atoms with Crippen molar-refractivity contribution < 1.29 is 0 Å². The van der Waals surface area contributed by atoms with Crippen molar-refractivity contribution in [3.8, 4) is 33.9 Å². The summed E-state index contributed by atoms with van der Waals surface area (Å²) in [6.07, 6.45) is 0. The van der Waals surface area contributed by atoms with Crippen molar-refractivity contribution in [2.75, 3.05) is 0 Å². The number of benzene rings is 4. The van der Waals surface area contributed by atoms with Crippen molar-refractivity contribution in [2.45, 2.75) is 0 Å². The maximum Gasteiger partial charge on any atom is 0.141 e. The Balaban J connectivity index is 1.82. The van der Waals surface area contributed by atoms with Gasteiger partial charge in [-0.2, -0.15) is 0 Å². The van der Waals surface area contributed by atoms with E-state index in [2.05, 4.69) is 103 Å². The molecule has 0 saturated carbocycles. The Morgan fingerprint density at radius 3 is 1.96 bits per heavy atom. The number of imidazole rings is 1. The molecule has 2 heteroatoms. The first-order valence-electron chi connectivity index (χ1n) is 9.48. The van der Waals surface area contributed by atoms with Crippen LogP contribution >= 0.6 is 0 Å². The quantitative estimate of drug-likeness (QED) is 0.355. The minimum Gasteiger partial charge on any atom is -0.327 e. The minimum atomic E-state index is 0.981. The van der Waals surface area contributed by atoms with Gasteiger partial charge in [-0.25, -0.2) is 4.98 Å². The van der Waals surface area contributed by atoms with Crippen LogP contribution in [0.4, 0.5) is 0 Å². The summed E-state index contributed by atoms with van der Waals surface area (Å²) < 4.78 is 2.22. The van der Waals surface area contributed by atoms with E-state index in [1.807, 2.05) is 12.1 Å². The van der Waals surface area contributed by atoms with Gasteiger partial charge in [0, 0.05) is 23.7 Å². The summed E-state index contributed by atoms with van der Waals surface area (Å²) in [6, 6.07) is 35.8. The highest BCUT2D eigenvalue weighted by Gasteiger charge is 2.19. The molecular formula is C26H20N2. The van der Waals surface area contributed by atoms with E-state index in [9.17, 15) is 0 Å². The number of aromatic nitrogens is 2. The highest BCUT2D eigenvalue weighted by molar-refractivity contribution is 5.96. The van der Waals surface area contributed by atoms with E-state index in [4.69, 9.17) is 4.98 Å². The second kappa shape index (κ2) is 6.82. The van der Waals surface area contributed by atoms with E-state index in [0.29, 0.717) is 0 Å². The second-order valence-electron chi connectivity index (χ2n) is 6.95. The predicted octanol–water partition coefficient (Wildman–Crippen LogP) is 6.57. The molecule has 1 heterocycles. The summed E-state index contributed by atoms with van der Waals surface area (Å²) in [6.45, 7) is 0. The molecule has 5 rings (SSSR count). The first-order chi connectivity index (χ1) is 13.8. The van der Waals surface area contributed by atoms with E-state index in [1.54, 1.807) is 0 Å². The van der Waals surface area contributed by atoms with Crippen LogP contribution in [0.1, 0.15) is 0 Å². The van der Waals surface area contributed by atoms with Crippen LogP contribution in [-0.4, -0.2) is 9.55 Å².